The molecule has 0 atom stereocenters. The van der Waals surface area contributed by atoms with Crippen molar-refractivity contribution in [2.45, 2.75) is 78.7 Å². The lowest BCUT2D eigenvalue weighted by Crippen LogP contribution is -2.49. The Hall–Kier alpha value is -3.67. The van der Waals surface area contributed by atoms with Gasteiger partial charge in [0.1, 0.15) is 0 Å². The van der Waals surface area contributed by atoms with Gasteiger partial charge >= 0.3 is 0 Å². The molecule has 200 valence electrons. The second kappa shape index (κ2) is 11.0. The number of anilines is 2. The Bertz CT molecular complexity index is 1370. The van der Waals surface area contributed by atoms with Gasteiger partial charge in [0.25, 0.3) is 0 Å². The number of H-pyrrole nitrogens is 1. The van der Waals surface area contributed by atoms with Crippen LogP contribution < -0.4 is 15.8 Å². The number of aromatic nitrogens is 1. The van der Waals surface area contributed by atoms with Crippen molar-refractivity contribution in [1.29, 1.82) is 0 Å². The summed E-state index contributed by atoms with van der Waals surface area (Å²) in [6.07, 6.45) is 9.68. The fraction of sp³-hybridized carbons (Fsp3) is 0.406. The number of carbonyl (C=O) groups is 1. The van der Waals surface area contributed by atoms with Crippen molar-refractivity contribution in [3.05, 3.63) is 87.6 Å². The summed E-state index contributed by atoms with van der Waals surface area (Å²) in [6.45, 7) is 16.7. The SMILES string of the molecule is C=C(/C=C(N=CCC)\C(C)=C(/C)Nc1ccc(=O)[nH]c1)c1ccc2c(c1)N(C1CC(CC)C1)C(=O)C2(C)C. The molecule has 1 saturated carbocycles. The summed E-state index contributed by atoms with van der Waals surface area (Å²) in [5.41, 5.74) is 6.77. The molecule has 0 radical (unpaired) electrons. The molecule has 1 aromatic carbocycles. The Morgan fingerprint density at radius 2 is 1.92 bits per heavy atom. The van der Waals surface area contributed by atoms with Gasteiger partial charge < -0.3 is 15.2 Å². The number of nitrogens with one attached hydrogen (secondary N) is 2. The Labute approximate surface area is 226 Å². The van der Waals surface area contributed by atoms with Crippen molar-refractivity contribution in [3.8, 4) is 0 Å². The number of fused-ring (bicyclic) bond motifs is 1. The molecule has 0 spiro atoms. The van der Waals surface area contributed by atoms with E-state index in [0.717, 1.165) is 64.3 Å². The third-order valence-corrected chi connectivity index (χ3v) is 7.99. The van der Waals surface area contributed by atoms with Crippen molar-refractivity contribution in [3.63, 3.8) is 0 Å². The van der Waals surface area contributed by atoms with E-state index in [2.05, 4.69) is 53.8 Å². The number of hydrogen-bond donors (Lipinski definition) is 2. The quantitative estimate of drug-likeness (QED) is 0.281. The smallest absolute Gasteiger partial charge is 0.248 e. The van der Waals surface area contributed by atoms with Crippen molar-refractivity contribution >= 4 is 29.1 Å². The van der Waals surface area contributed by atoms with E-state index in [9.17, 15) is 9.59 Å². The van der Waals surface area contributed by atoms with Gasteiger partial charge in [-0.25, -0.2) is 0 Å². The largest absolute Gasteiger partial charge is 0.358 e. The van der Waals surface area contributed by atoms with Gasteiger partial charge in [0.15, 0.2) is 0 Å². The van der Waals surface area contributed by atoms with Crippen molar-refractivity contribution < 1.29 is 4.79 Å². The number of hydrogen-bond acceptors (Lipinski definition) is 4. The number of rotatable bonds is 9. The predicted octanol–water partition coefficient (Wildman–Crippen LogP) is 6.97. The maximum Gasteiger partial charge on any atom is 0.248 e. The molecule has 1 aromatic heterocycles. The minimum absolute atomic E-state index is 0.140. The Morgan fingerprint density at radius 1 is 1.18 bits per heavy atom. The minimum atomic E-state index is -0.525. The molecule has 0 bridgehead atoms. The van der Waals surface area contributed by atoms with Crippen LogP contribution >= 0.6 is 0 Å². The van der Waals surface area contributed by atoms with Crippen LogP contribution in [0.5, 0.6) is 0 Å². The summed E-state index contributed by atoms with van der Waals surface area (Å²) in [4.78, 5) is 34.3. The number of aliphatic imine (C=N–C) groups is 1. The molecule has 38 heavy (non-hydrogen) atoms. The maximum atomic E-state index is 13.5. The number of pyridine rings is 1. The molecule has 6 heteroatoms. The molecule has 2 aliphatic rings. The van der Waals surface area contributed by atoms with Crippen LogP contribution in [0, 0.1) is 5.92 Å². The molecule has 6 nitrogen and oxygen atoms in total. The average molecular weight is 513 g/mol. The standard InChI is InChI=1S/C32H40N4O2/c1-8-14-33-28(21(4)22(5)35-25-11-13-30(37)34-19-25)15-20(3)24-10-12-27-29(18-24)36(31(38)32(27,6)7)26-16-23(9-2)17-26/h10-15,18-19,23,26,35H,3,8-9,16-17H2,1-2,4-7H3,(H,34,37)/b22-21+,28-15+,33-14?. The molecule has 0 unspecified atom stereocenters. The Balaban J connectivity index is 1.66. The first kappa shape index (κ1) is 27.4. The highest BCUT2D eigenvalue weighted by Gasteiger charge is 2.48. The van der Waals surface area contributed by atoms with Crippen LogP contribution in [0.15, 0.2) is 75.9 Å². The molecule has 2 heterocycles. The molecule has 0 saturated heterocycles. The van der Waals surface area contributed by atoms with E-state index in [1.54, 1.807) is 12.3 Å². The highest BCUT2D eigenvalue weighted by molar-refractivity contribution is 6.08. The molecule has 2 N–H and O–H groups in total. The van der Waals surface area contributed by atoms with Crippen LogP contribution in [0.3, 0.4) is 0 Å². The molecule has 4 rings (SSSR count). The van der Waals surface area contributed by atoms with Crippen molar-refractivity contribution in [2.24, 2.45) is 10.9 Å². The number of aromatic amines is 1. The van der Waals surface area contributed by atoms with Gasteiger partial charge in [0.2, 0.25) is 11.5 Å². The topological polar surface area (TPSA) is 77.6 Å². The maximum absolute atomic E-state index is 13.5. The number of nitrogens with zero attached hydrogens (tertiary/aromatic N) is 2. The second-order valence-electron chi connectivity index (χ2n) is 11.0. The number of amides is 1. The zero-order valence-electron chi connectivity index (χ0n) is 23.5. The van der Waals surface area contributed by atoms with Crippen LogP contribution in [0.4, 0.5) is 11.4 Å². The molecule has 1 fully saturated rings. The lowest BCUT2D eigenvalue weighted by Gasteiger charge is -2.41. The van der Waals surface area contributed by atoms with E-state index in [-0.39, 0.29) is 17.5 Å². The summed E-state index contributed by atoms with van der Waals surface area (Å²) in [5, 5.41) is 3.35. The first-order valence-electron chi connectivity index (χ1n) is 13.6. The third kappa shape index (κ3) is 5.31. The highest BCUT2D eigenvalue weighted by atomic mass is 16.2. The van der Waals surface area contributed by atoms with E-state index >= 15 is 0 Å². The van der Waals surface area contributed by atoms with E-state index in [0.29, 0.717) is 5.92 Å². The lowest BCUT2D eigenvalue weighted by atomic mass is 9.77. The van der Waals surface area contributed by atoms with E-state index in [1.807, 2.05) is 40.0 Å². The second-order valence-corrected chi connectivity index (χ2v) is 11.0. The Kier molecular flexibility index (Phi) is 7.91. The molecular weight excluding hydrogens is 472 g/mol. The van der Waals surface area contributed by atoms with E-state index < -0.39 is 5.41 Å². The summed E-state index contributed by atoms with van der Waals surface area (Å²) >= 11 is 0. The van der Waals surface area contributed by atoms with Gasteiger partial charge in [-0.15, -0.1) is 0 Å². The zero-order chi connectivity index (χ0) is 27.6. The normalized spacial score (nSPS) is 21.3. The van der Waals surface area contributed by atoms with Crippen LogP contribution in [0.2, 0.25) is 0 Å². The zero-order valence-corrected chi connectivity index (χ0v) is 23.5. The van der Waals surface area contributed by atoms with E-state index in [1.165, 1.54) is 12.5 Å². The third-order valence-electron chi connectivity index (χ3n) is 7.99. The van der Waals surface area contributed by atoms with Gasteiger partial charge in [-0.2, -0.15) is 0 Å². The van der Waals surface area contributed by atoms with Gasteiger partial charge in [0.05, 0.1) is 16.8 Å². The molecular formula is C32H40N4O2. The van der Waals surface area contributed by atoms with Gasteiger partial charge in [0, 0.05) is 35.9 Å². The van der Waals surface area contributed by atoms with Crippen LogP contribution in [-0.4, -0.2) is 23.1 Å². The summed E-state index contributed by atoms with van der Waals surface area (Å²) in [7, 11) is 0. The van der Waals surface area contributed by atoms with Crippen molar-refractivity contribution in [1.82, 2.24) is 4.98 Å². The fourth-order valence-corrected chi connectivity index (χ4v) is 5.26. The molecule has 1 amide bonds. The van der Waals surface area contributed by atoms with Crippen LogP contribution in [0.1, 0.15) is 78.4 Å². The fourth-order valence-electron chi connectivity index (χ4n) is 5.26. The van der Waals surface area contributed by atoms with Gasteiger partial charge in [-0.3, -0.25) is 14.6 Å². The van der Waals surface area contributed by atoms with Crippen LogP contribution in [0.25, 0.3) is 5.57 Å². The van der Waals surface area contributed by atoms with Crippen molar-refractivity contribution in [2.75, 3.05) is 10.2 Å². The summed E-state index contributed by atoms with van der Waals surface area (Å²) in [5.74, 6) is 0.907. The highest BCUT2D eigenvalue weighted by Crippen LogP contribution is 2.48. The Morgan fingerprint density at radius 3 is 2.55 bits per heavy atom. The lowest BCUT2D eigenvalue weighted by molar-refractivity contribution is -0.123. The van der Waals surface area contributed by atoms with E-state index in [4.69, 9.17) is 4.99 Å². The van der Waals surface area contributed by atoms with Crippen LogP contribution in [-0.2, 0) is 10.2 Å². The van der Waals surface area contributed by atoms with Gasteiger partial charge in [-0.05, 0) is 93.4 Å². The number of carbonyl (C=O) groups excluding carboxylic acids is 1. The first-order chi connectivity index (χ1) is 18.1. The van der Waals surface area contributed by atoms with Gasteiger partial charge in [-0.1, -0.05) is 39.0 Å². The first-order valence-corrected chi connectivity index (χ1v) is 13.6. The summed E-state index contributed by atoms with van der Waals surface area (Å²) in [6, 6.07) is 9.82. The predicted molar refractivity (Wildman–Crippen MR) is 159 cm³/mol. The monoisotopic (exact) mass is 512 g/mol. The molecule has 1 aliphatic heterocycles. The molecule has 2 aromatic rings. The average Bonchev–Trinajstić information content (AvgIpc) is 3.07. The summed E-state index contributed by atoms with van der Waals surface area (Å²) < 4.78 is 0. The minimum Gasteiger partial charge on any atom is -0.358 e. The number of allylic oxidation sites excluding steroid dienone is 4. The number of benzene rings is 1. The molecule has 1 aliphatic carbocycles.